The predicted octanol–water partition coefficient (Wildman–Crippen LogP) is 3.24. The Labute approximate surface area is 87.2 Å². The van der Waals surface area contributed by atoms with E-state index in [1.54, 1.807) is 0 Å². The summed E-state index contributed by atoms with van der Waals surface area (Å²) in [7, 11) is 0. The molecule has 0 heterocycles. The van der Waals surface area contributed by atoms with E-state index < -0.39 is 0 Å². The predicted molar refractivity (Wildman–Crippen MR) is 61.1 cm³/mol. The molecule has 2 nitrogen and oxygen atoms in total. The normalized spacial score (nSPS) is 9.08. The molecule has 0 aliphatic heterocycles. The van der Waals surface area contributed by atoms with Crippen molar-refractivity contribution in [3.8, 4) is 0 Å². The van der Waals surface area contributed by atoms with Gasteiger partial charge in [0.25, 0.3) is 0 Å². The molecule has 0 spiro atoms. The number of halogens is 1. The number of nitrogens with one attached hydrogen (secondary N) is 1. The van der Waals surface area contributed by atoms with Crippen molar-refractivity contribution < 1.29 is 5.11 Å². The average molecular weight is 279 g/mol. The van der Waals surface area contributed by atoms with Crippen LogP contribution >= 0.6 is 22.6 Å². The molecule has 0 aliphatic rings. The highest BCUT2D eigenvalue weighted by atomic mass is 127. The van der Waals surface area contributed by atoms with E-state index in [1.807, 2.05) is 0 Å². The van der Waals surface area contributed by atoms with Crippen LogP contribution in [0.25, 0.3) is 0 Å². The van der Waals surface area contributed by atoms with Crippen molar-refractivity contribution in [2.24, 2.45) is 0 Å². The minimum Gasteiger partial charge on any atom is -0.513 e. The zero-order chi connectivity index (χ0) is 9.56. The minimum absolute atomic E-state index is 0.233. The van der Waals surface area contributed by atoms with Crippen molar-refractivity contribution in [2.75, 3.05) is 0 Å². The molecule has 68 valence electrons. The van der Waals surface area contributed by atoms with E-state index in [4.69, 9.17) is 5.11 Å². The van der Waals surface area contributed by atoms with Crippen LogP contribution < -0.4 is 5.32 Å². The van der Waals surface area contributed by atoms with Crippen LogP contribution in [0.5, 0.6) is 0 Å². The third-order valence-electron chi connectivity index (χ3n) is 1.26. The van der Waals surface area contributed by atoms with Crippen LogP contribution in [0.4, 0.5) is 0 Å². The highest BCUT2D eigenvalue weighted by Crippen LogP contribution is 2.08. The molecule has 12 heavy (non-hydrogen) atoms. The molecular weight excluding hydrogens is 265 g/mol. The SMILES string of the molecule is C=C(O)CCCC(=C)NC(=C)I. The zero-order valence-electron chi connectivity index (χ0n) is 7.07. The summed E-state index contributed by atoms with van der Waals surface area (Å²) in [5.41, 5.74) is 0.927. The Kier molecular flexibility index (Phi) is 5.88. The number of hydrogen-bond donors (Lipinski definition) is 2. The number of hydrogen-bond acceptors (Lipinski definition) is 2. The largest absolute Gasteiger partial charge is 0.513 e. The molecule has 0 aromatic rings. The van der Waals surface area contributed by atoms with Gasteiger partial charge in [0.2, 0.25) is 0 Å². The molecule has 0 rings (SSSR count). The van der Waals surface area contributed by atoms with E-state index in [0.29, 0.717) is 6.42 Å². The Morgan fingerprint density at radius 3 is 2.25 bits per heavy atom. The molecule has 0 fully saturated rings. The molecule has 3 heteroatoms. The fourth-order valence-corrected chi connectivity index (χ4v) is 1.14. The fourth-order valence-electron chi connectivity index (χ4n) is 0.760. The maximum absolute atomic E-state index is 8.78. The third-order valence-corrected chi connectivity index (χ3v) is 1.53. The van der Waals surface area contributed by atoms with Crippen LogP contribution in [0, 0.1) is 0 Å². The molecular formula is C9H14INO. The van der Waals surface area contributed by atoms with Crippen LogP contribution in [0.3, 0.4) is 0 Å². The second-order valence-electron chi connectivity index (χ2n) is 2.55. The Morgan fingerprint density at radius 1 is 1.25 bits per heavy atom. The lowest BCUT2D eigenvalue weighted by atomic mass is 10.2. The Morgan fingerprint density at radius 2 is 1.83 bits per heavy atom. The third kappa shape index (κ3) is 7.65. The number of rotatable bonds is 6. The highest BCUT2D eigenvalue weighted by Gasteiger charge is 1.95. The van der Waals surface area contributed by atoms with E-state index in [0.717, 1.165) is 22.2 Å². The van der Waals surface area contributed by atoms with Gasteiger partial charge in [-0.1, -0.05) is 19.7 Å². The highest BCUT2D eigenvalue weighted by molar-refractivity contribution is 14.1. The smallest absolute Gasteiger partial charge is 0.0851 e. The maximum atomic E-state index is 8.78. The van der Waals surface area contributed by atoms with Crippen LogP contribution in [0.1, 0.15) is 19.3 Å². The number of aliphatic hydroxyl groups is 1. The molecule has 2 N–H and O–H groups in total. The van der Waals surface area contributed by atoms with E-state index in [9.17, 15) is 0 Å². The van der Waals surface area contributed by atoms with Crippen molar-refractivity contribution in [3.63, 3.8) is 0 Å². The zero-order valence-corrected chi connectivity index (χ0v) is 9.23. The minimum atomic E-state index is 0.233. The van der Waals surface area contributed by atoms with Gasteiger partial charge in [-0.25, -0.2) is 0 Å². The number of aliphatic hydroxyl groups excluding tert-OH is 1. The summed E-state index contributed by atoms with van der Waals surface area (Å²) in [6, 6.07) is 0. The first-order chi connectivity index (χ1) is 5.52. The molecule has 0 unspecified atom stereocenters. The van der Waals surface area contributed by atoms with Crippen molar-refractivity contribution in [1.82, 2.24) is 5.32 Å². The first-order valence-electron chi connectivity index (χ1n) is 3.68. The molecule has 0 aliphatic carbocycles. The molecule has 0 bridgehead atoms. The Balaban J connectivity index is 3.44. The number of allylic oxidation sites excluding steroid dienone is 2. The van der Waals surface area contributed by atoms with Crippen molar-refractivity contribution in [3.05, 3.63) is 34.9 Å². The topological polar surface area (TPSA) is 32.3 Å². The lowest BCUT2D eigenvalue weighted by Gasteiger charge is -2.06. The van der Waals surface area contributed by atoms with E-state index >= 15 is 0 Å². The standard InChI is InChI=1S/C9H14INO/c1-7(11-9(3)10)5-4-6-8(2)12/h11-12H,1-6H2. The van der Waals surface area contributed by atoms with Crippen molar-refractivity contribution >= 4 is 22.6 Å². The summed E-state index contributed by atoms with van der Waals surface area (Å²) in [5.74, 6) is 0.233. The lowest BCUT2D eigenvalue weighted by molar-refractivity contribution is 0.386. The van der Waals surface area contributed by atoms with Crippen LogP contribution in [-0.2, 0) is 0 Å². The van der Waals surface area contributed by atoms with Crippen LogP contribution in [0.2, 0.25) is 0 Å². The van der Waals surface area contributed by atoms with Crippen LogP contribution in [0.15, 0.2) is 34.9 Å². The molecule has 0 atom stereocenters. The first-order valence-corrected chi connectivity index (χ1v) is 4.76. The van der Waals surface area contributed by atoms with Gasteiger partial charge in [-0.15, -0.1) is 0 Å². The summed E-state index contributed by atoms with van der Waals surface area (Å²) in [6.07, 6.45) is 2.33. The van der Waals surface area contributed by atoms with Gasteiger partial charge in [0.1, 0.15) is 0 Å². The summed E-state index contributed by atoms with van der Waals surface area (Å²) in [6.45, 7) is 10.9. The van der Waals surface area contributed by atoms with Gasteiger partial charge in [0, 0.05) is 12.1 Å². The summed E-state index contributed by atoms with van der Waals surface area (Å²) >= 11 is 2.09. The quantitative estimate of drug-likeness (QED) is 0.444. The molecule has 0 aromatic heterocycles. The van der Waals surface area contributed by atoms with Gasteiger partial charge in [0.05, 0.1) is 9.46 Å². The monoisotopic (exact) mass is 279 g/mol. The van der Waals surface area contributed by atoms with E-state index in [-0.39, 0.29) is 5.76 Å². The second-order valence-corrected chi connectivity index (χ2v) is 3.86. The fraction of sp³-hybridized carbons (Fsp3) is 0.333. The molecule has 0 saturated heterocycles. The van der Waals surface area contributed by atoms with Gasteiger partial charge in [-0.05, 0) is 35.4 Å². The van der Waals surface area contributed by atoms with Crippen molar-refractivity contribution in [1.29, 1.82) is 0 Å². The average Bonchev–Trinajstić information content (AvgIpc) is 1.84. The second kappa shape index (κ2) is 6.11. The first kappa shape index (κ1) is 11.6. The van der Waals surface area contributed by atoms with E-state index in [1.165, 1.54) is 0 Å². The molecule has 0 radical (unpaired) electrons. The van der Waals surface area contributed by atoms with Gasteiger partial charge >= 0.3 is 0 Å². The van der Waals surface area contributed by atoms with Gasteiger partial charge in [-0.2, -0.15) is 0 Å². The molecule has 0 saturated carbocycles. The van der Waals surface area contributed by atoms with Gasteiger partial charge in [0.15, 0.2) is 0 Å². The lowest BCUT2D eigenvalue weighted by Crippen LogP contribution is -2.06. The van der Waals surface area contributed by atoms with Crippen molar-refractivity contribution in [2.45, 2.75) is 19.3 Å². The van der Waals surface area contributed by atoms with Gasteiger partial charge in [-0.3, -0.25) is 0 Å². The molecule has 0 aromatic carbocycles. The Hall–Kier alpha value is -0.450. The summed E-state index contributed by atoms with van der Waals surface area (Å²) < 4.78 is 0.862. The van der Waals surface area contributed by atoms with Crippen LogP contribution in [-0.4, -0.2) is 5.11 Å². The van der Waals surface area contributed by atoms with E-state index in [2.05, 4.69) is 47.6 Å². The Bertz CT molecular complexity index is 199. The summed E-state index contributed by atoms with van der Waals surface area (Å²) in [4.78, 5) is 0. The summed E-state index contributed by atoms with van der Waals surface area (Å²) in [5, 5.41) is 11.8. The van der Waals surface area contributed by atoms with Gasteiger partial charge < -0.3 is 10.4 Å². The molecule has 0 amide bonds. The maximum Gasteiger partial charge on any atom is 0.0851 e.